The van der Waals surface area contributed by atoms with Crippen LogP contribution >= 0.6 is 0 Å². The Bertz CT molecular complexity index is 959. The molecular weight excluding hydrogens is 448 g/mol. The molecule has 2 atom stereocenters. The van der Waals surface area contributed by atoms with Gasteiger partial charge in [0, 0.05) is 50.4 Å². The average Bonchev–Trinajstić information content (AvgIpc) is 2.83. The third-order valence-electron chi connectivity index (χ3n) is 6.56. The van der Waals surface area contributed by atoms with E-state index < -0.39 is 12.0 Å². The van der Waals surface area contributed by atoms with Crippen molar-refractivity contribution in [2.24, 2.45) is 5.92 Å². The molecule has 2 unspecified atom stereocenters. The van der Waals surface area contributed by atoms with Crippen LogP contribution in [-0.2, 0) is 14.3 Å². The van der Waals surface area contributed by atoms with E-state index in [0.717, 1.165) is 5.56 Å². The summed E-state index contributed by atoms with van der Waals surface area (Å²) in [6.45, 7) is 12.5. The first-order valence-electron chi connectivity index (χ1n) is 12.4. The smallest absolute Gasteiger partial charge is 0.338 e. The molecule has 0 aromatic heterocycles. The topological polar surface area (TPSA) is 91.4 Å². The lowest BCUT2D eigenvalue weighted by Gasteiger charge is -2.43. The van der Waals surface area contributed by atoms with Gasteiger partial charge in [0.1, 0.15) is 5.75 Å². The lowest BCUT2D eigenvalue weighted by atomic mass is 9.94. The van der Waals surface area contributed by atoms with E-state index in [0.29, 0.717) is 49.7 Å². The van der Waals surface area contributed by atoms with Crippen LogP contribution in [0.5, 0.6) is 5.75 Å². The molecule has 1 aromatic carbocycles. The predicted molar refractivity (Wildman–Crippen MR) is 133 cm³/mol. The molecule has 9 nitrogen and oxygen atoms in total. The molecule has 1 fully saturated rings. The van der Waals surface area contributed by atoms with Crippen molar-refractivity contribution in [2.75, 3.05) is 46.4 Å². The summed E-state index contributed by atoms with van der Waals surface area (Å²) in [5.74, 6) is 0.347. The van der Waals surface area contributed by atoms with Crippen LogP contribution < -0.4 is 10.1 Å². The summed E-state index contributed by atoms with van der Waals surface area (Å²) in [6, 6.07) is 6.46. The molecule has 1 saturated heterocycles. The van der Waals surface area contributed by atoms with Crippen molar-refractivity contribution in [3.63, 3.8) is 0 Å². The minimum Gasteiger partial charge on any atom is -0.497 e. The Kier molecular flexibility index (Phi) is 8.77. The maximum atomic E-state index is 13.3. The number of esters is 1. The standard InChI is InChI=1S/C26H38N4O5/c1-7-29-21(16-28-13-14-30(18(5)15-28)24(31)17(3)4)22(25(32)35-8-2)23(27-26(29)33)19-9-11-20(34-6)12-10-19/h9-12,17-18,23H,7-8,13-16H2,1-6H3,(H,27,33). The van der Waals surface area contributed by atoms with Gasteiger partial charge in [-0.2, -0.15) is 0 Å². The fourth-order valence-corrected chi connectivity index (χ4v) is 4.75. The van der Waals surface area contributed by atoms with Crippen molar-refractivity contribution in [1.82, 2.24) is 20.0 Å². The number of amides is 3. The third kappa shape index (κ3) is 5.78. The highest BCUT2D eigenvalue weighted by Crippen LogP contribution is 2.33. The van der Waals surface area contributed by atoms with Crippen molar-refractivity contribution in [1.29, 1.82) is 0 Å². The number of hydrogen-bond donors (Lipinski definition) is 1. The second-order valence-electron chi connectivity index (χ2n) is 9.25. The van der Waals surface area contributed by atoms with E-state index >= 15 is 0 Å². The van der Waals surface area contributed by atoms with E-state index in [9.17, 15) is 14.4 Å². The number of rotatable bonds is 8. The SMILES string of the molecule is CCOC(=O)C1=C(CN2CCN(C(=O)C(C)C)C(C)C2)N(CC)C(=O)NC1c1ccc(OC)cc1. The van der Waals surface area contributed by atoms with Gasteiger partial charge in [0.25, 0.3) is 0 Å². The minimum absolute atomic E-state index is 0.0372. The normalized spacial score (nSPS) is 21.3. The Labute approximate surface area is 208 Å². The van der Waals surface area contributed by atoms with Crippen molar-refractivity contribution < 1.29 is 23.9 Å². The van der Waals surface area contributed by atoms with Crippen LogP contribution in [0.15, 0.2) is 35.5 Å². The number of nitrogens with zero attached hydrogens (tertiary/aromatic N) is 3. The fourth-order valence-electron chi connectivity index (χ4n) is 4.75. The molecule has 3 amide bonds. The van der Waals surface area contributed by atoms with E-state index in [2.05, 4.69) is 10.2 Å². The monoisotopic (exact) mass is 486 g/mol. The number of methoxy groups -OCH3 is 1. The van der Waals surface area contributed by atoms with Gasteiger partial charge in [0.05, 0.1) is 25.3 Å². The predicted octanol–water partition coefficient (Wildman–Crippen LogP) is 2.79. The van der Waals surface area contributed by atoms with Gasteiger partial charge >= 0.3 is 12.0 Å². The maximum Gasteiger partial charge on any atom is 0.338 e. The Morgan fingerprint density at radius 3 is 2.37 bits per heavy atom. The lowest BCUT2D eigenvalue weighted by Crippen LogP contribution is -2.57. The molecule has 35 heavy (non-hydrogen) atoms. The van der Waals surface area contributed by atoms with Crippen molar-refractivity contribution >= 4 is 17.9 Å². The Morgan fingerprint density at radius 2 is 1.83 bits per heavy atom. The van der Waals surface area contributed by atoms with Gasteiger partial charge in [-0.15, -0.1) is 0 Å². The van der Waals surface area contributed by atoms with E-state index in [1.165, 1.54) is 0 Å². The first-order chi connectivity index (χ1) is 16.7. The van der Waals surface area contributed by atoms with Crippen LogP contribution in [0, 0.1) is 5.92 Å². The number of urea groups is 1. The van der Waals surface area contributed by atoms with Crippen LogP contribution in [0.2, 0.25) is 0 Å². The zero-order chi connectivity index (χ0) is 25.7. The maximum absolute atomic E-state index is 13.3. The van der Waals surface area contributed by atoms with E-state index in [-0.39, 0.29) is 30.5 Å². The van der Waals surface area contributed by atoms with Gasteiger partial charge in [-0.05, 0) is 38.5 Å². The Morgan fingerprint density at radius 1 is 1.14 bits per heavy atom. The summed E-state index contributed by atoms with van der Waals surface area (Å²) in [5.41, 5.74) is 1.86. The van der Waals surface area contributed by atoms with E-state index in [1.54, 1.807) is 18.9 Å². The molecule has 3 rings (SSSR count). The molecule has 0 aliphatic carbocycles. The quantitative estimate of drug-likeness (QED) is 0.568. The van der Waals surface area contributed by atoms with Gasteiger partial charge in [-0.1, -0.05) is 26.0 Å². The first kappa shape index (κ1) is 26.5. The molecule has 0 spiro atoms. The highest BCUT2D eigenvalue weighted by atomic mass is 16.5. The summed E-state index contributed by atoms with van der Waals surface area (Å²) in [5, 5.41) is 2.99. The Hall–Kier alpha value is -3.07. The molecule has 2 aliphatic heterocycles. The summed E-state index contributed by atoms with van der Waals surface area (Å²) >= 11 is 0. The minimum atomic E-state index is -0.633. The number of hydrogen-bond acceptors (Lipinski definition) is 6. The summed E-state index contributed by atoms with van der Waals surface area (Å²) in [6.07, 6.45) is 0. The summed E-state index contributed by atoms with van der Waals surface area (Å²) in [4.78, 5) is 44.7. The molecule has 0 radical (unpaired) electrons. The average molecular weight is 487 g/mol. The van der Waals surface area contributed by atoms with Crippen LogP contribution in [0.1, 0.15) is 46.2 Å². The van der Waals surface area contributed by atoms with Gasteiger partial charge in [-0.3, -0.25) is 14.6 Å². The zero-order valence-electron chi connectivity index (χ0n) is 21.7. The number of piperazine rings is 1. The van der Waals surface area contributed by atoms with E-state index in [1.807, 2.05) is 56.9 Å². The molecule has 2 aliphatic rings. The van der Waals surface area contributed by atoms with Crippen LogP contribution in [0.4, 0.5) is 4.79 Å². The van der Waals surface area contributed by atoms with Crippen LogP contribution in [0.25, 0.3) is 0 Å². The number of carbonyl (C=O) groups is 3. The molecular formula is C26H38N4O5. The van der Waals surface area contributed by atoms with Crippen LogP contribution in [-0.4, -0.2) is 85.1 Å². The van der Waals surface area contributed by atoms with Crippen LogP contribution in [0.3, 0.4) is 0 Å². The van der Waals surface area contributed by atoms with E-state index in [4.69, 9.17) is 9.47 Å². The largest absolute Gasteiger partial charge is 0.497 e. The van der Waals surface area contributed by atoms with Gasteiger partial charge in [-0.25, -0.2) is 9.59 Å². The first-order valence-corrected chi connectivity index (χ1v) is 12.4. The second kappa shape index (κ2) is 11.6. The molecule has 0 saturated carbocycles. The number of benzene rings is 1. The van der Waals surface area contributed by atoms with Gasteiger partial charge in [0.15, 0.2) is 0 Å². The summed E-state index contributed by atoms with van der Waals surface area (Å²) < 4.78 is 10.7. The Balaban J connectivity index is 1.97. The zero-order valence-corrected chi connectivity index (χ0v) is 21.7. The lowest BCUT2D eigenvalue weighted by molar-refractivity contribution is -0.139. The molecule has 2 heterocycles. The third-order valence-corrected chi connectivity index (χ3v) is 6.56. The molecule has 1 N–H and O–H groups in total. The van der Waals surface area contributed by atoms with Crippen molar-refractivity contribution in [2.45, 2.75) is 46.7 Å². The molecule has 0 bridgehead atoms. The summed E-state index contributed by atoms with van der Waals surface area (Å²) in [7, 11) is 1.59. The molecule has 192 valence electrons. The molecule has 1 aromatic rings. The number of nitrogens with one attached hydrogen (secondary N) is 1. The van der Waals surface area contributed by atoms with Gasteiger partial charge in [0.2, 0.25) is 5.91 Å². The number of ether oxygens (including phenoxy) is 2. The second-order valence-corrected chi connectivity index (χ2v) is 9.25. The highest BCUT2D eigenvalue weighted by molar-refractivity contribution is 5.95. The number of likely N-dealkylation sites (N-methyl/N-ethyl adjacent to an activating group) is 1. The molecule has 9 heteroatoms. The van der Waals surface area contributed by atoms with Crippen molar-refractivity contribution in [3.05, 3.63) is 41.1 Å². The number of carbonyl (C=O) groups excluding carboxylic acids is 3. The van der Waals surface area contributed by atoms with Gasteiger partial charge < -0.3 is 19.7 Å². The fraction of sp³-hybridized carbons (Fsp3) is 0.577. The van der Waals surface area contributed by atoms with Crippen molar-refractivity contribution in [3.8, 4) is 5.75 Å². The highest BCUT2D eigenvalue weighted by Gasteiger charge is 2.39.